The van der Waals surface area contributed by atoms with Gasteiger partial charge in [0.1, 0.15) is 5.54 Å². The quantitative estimate of drug-likeness (QED) is 0.762. The van der Waals surface area contributed by atoms with Crippen molar-refractivity contribution in [1.82, 2.24) is 15.1 Å². The first-order chi connectivity index (χ1) is 10.1. The minimum atomic E-state index is -0.566. The number of nitrogens with zero attached hydrogens (tertiary/aromatic N) is 2. The van der Waals surface area contributed by atoms with Crippen LogP contribution in [0.3, 0.4) is 0 Å². The second-order valence-corrected chi connectivity index (χ2v) is 7.16. The van der Waals surface area contributed by atoms with E-state index in [9.17, 15) is 4.79 Å². The molecule has 2 unspecified atom stereocenters. The van der Waals surface area contributed by atoms with E-state index in [1.807, 2.05) is 6.92 Å². The smallest absolute Gasteiger partial charge is 0.327 e. The number of nitrogens with one attached hydrogen (secondary N) is 1. The van der Waals surface area contributed by atoms with Crippen molar-refractivity contribution in [1.29, 1.82) is 0 Å². The van der Waals surface area contributed by atoms with Gasteiger partial charge in [-0.25, -0.2) is 0 Å². The molecular formula is C16H29N3O2. The topological polar surface area (TPSA) is 44.8 Å². The summed E-state index contributed by atoms with van der Waals surface area (Å²) in [5.41, 5.74) is -0.566. The van der Waals surface area contributed by atoms with Gasteiger partial charge < -0.3 is 4.74 Å². The first kappa shape index (κ1) is 15.3. The van der Waals surface area contributed by atoms with E-state index in [2.05, 4.69) is 15.1 Å². The van der Waals surface area contributed by atoms with E-state index in [-0.39, 0.29) is 5.97 Å². The van der Waals surface area contributed by atoms with Crippen LogP contribution in [-0.2, 0) is 9.53 Å². The van der Waals surface area contributed by atoms with E-state index >= 15 is 0 Å². The van der Waals surface area contributed by atoms with Crippen LogP contribution in [0.25, 0.3) is 0 Å². The largest absolute Gasteiger partial charge is 0.468 e. The Hall–Kier alpha value is -0.650. The van der Waals surface area contributed by atoms with Crippen molar-refractivity contribution < 1.29 is 9.53 Å². The van der Waals surface area contributed by atoms with Gasteiger partial charge in [-0.2, -0.15) is 0 Å². The minimum absolute atomic E-state index is 0.123. The molecule has 0 spiro atoms. The molecule has 2 atom stereocenters. The van der Waals surface area contributed by atoms with Crippen LogP contribution < -0.4 is 5.32 Å². The first-order valence-corrected chi connectivity index (χ1v) is 8.43. The van der Waals surface area contributed by atoms with Gasteiger partial charge in [0.15, 0.2) is 0 Å². The van der Waals surface area contributed by atoms with Gasteiger partial charge in [-0.05, 0) is 58.7 Å². The van der Waals surface area contributed by atoms with E-state index in [1.165, 1.54) is 52.3 Å². The van der Waals surface area contributed by atoms with Crippen molar-refractivity contribution in [2.45, 2.75) is 56.7 Å². The van der Waals surface area contributed by atoms with Crippen LogP contribution in [0, 0.1) is 0 Å². The summed E-state index contributed by atoms with van der Waals surface area (Å²) in [5.74, 6) is -0.123. The van der Waals surface area contributed by atoms with Gasteiger partial charge in [-0.3, -0.25) is 19.9 Å². The van der Waals surface area contributed by atoms with Crippen LogP contribution in [-0.4, -0.2) is 73.2 Å². The molecule has 3 aliphatic rings. The first-order valence-electron chi connectivity index (χ1n) is 8.43. The molecule has 0 aromatic heterocycles. The number of methoxy groups -OCH3 is 1. The van der Waals surface area contributed by atoms with Crippen molar-refractivity contribution in [3.8, 4) is 0 Å². The third-order valence-corrected chi connectivity index (χ3v) is 5.16. The Morgan fingerprint density at radius 1 is 1.24 bits per heavy atom. The summed E-state index contributed by atoms with van der Waals surface area (Å²) in [7, 11) is 1.50. The van der Waals surface area contributed by atoms with Crippen molar-refractivity contribution in [2.75, 3.05) is 39.8 Å². The average molecular weight is 295 g/mol. The van der Waals surface area contributed by atoms with Crippen LogP contribution in [0.2, 0.25) is 0 Å². The van der Waals surface area contributed by atoms with Gasteiger partial charge in [0, 0.05) is 25.2 Å². The Kier molecular flexibility index (Phi) is 4.52. The third-order valence-electron chi connectivity index (χ3n) is 5.16. The Morgan fingerprint density at radius 2 is 2.00 bits per heavy atom. The lowest BCUT2D eigenvalue weighted by molar-refractivity contribution is -0.149. The maximum atomic E-state index is 12.3. The van der Waals surface area contributed by atoms with Crippen molar-refractivity contribution in [2.24, 2.45) is 0 Å². The van der Waals surface area contributed by atoms with Gasteiger partial charge in [-0.15, -0.1) is 0 Å². The number of fused-ring (bicyclic) bond motifs is 1. The highest BCUT2D eigenvalue weighted by Crippen LogP contribution is 2.26. The van der Waals surface area contributed by atoms with Crippen LogP contribution in [0.15, 0.2) is 0 Å². The Bertz CT molecular complexity index is 386. The zero-order valence-corrected chi connectivity index (χ0v) is 13.4. The van der Waals surface area contributed by atoms with Gasteiger partial charge in [0.25, 0.3) is 0 Å². The summed E-state index contributed by atoms with van der Waals surface area (Å²) in [5, 5.41) is 3.52. The number of rotatable bonds is 5. The lowest BCUT2D eigenvalue weighted by atomic mass is 10.0. The number of esters is 1. The summed E-state index contributed by atoms with van der Waals surface area (Å²) >= 11 is 0. The molecule has 0 aromatic carbocycles. The molecule has 2 saturated heterocycles. The molecule has 2 heterocycles. The molecule has 5 heteroatoms. The zero-order valence-electron chi connectivity index (χ0n) is 13.4. The van der Waals surface area contributed by atoms with E-state index < -0.39 is 5.54 Å². The summed E-state index contributed by atoms with van der Waals surface area (Å²) in [6.07, 6.45) is 6.21. The maximum absolute atomic E-state index is 12.3. The summed E-state index contributed by atoms with van der Waals surface area (Å²) in [6.45, 7) is 7.43. The fourth-order valence-electron chi connectivity index (χ4n) is 3.95. The predicted molar refractivity (Wildman–Crippen MR) is 82.2 cm³/mol. The molecule has 0 bridgehead atoms. The predicted octanol–water partition coefficient (Wildman–Crippen LogP) is 0.840. The molecular weight excluding hydrogens is 266 g/mol. The number of hydrogen-bond acceptors (Lipinski definition) is 5. The van der Waals surface area contributed by atoms with Gasteiger partial charge in [0.2, 0.25) is 0 Å². The molecule has 0 amide bonds. The molecule has 1 aliphatic carbocycles. The minimum Gasteiger partial charge on any atom is -0.468 e. The van der Waals surface area contributed by atoms with Gasteiger partial charge in [-0.1, -0.05) is 0 Å². The van der Waals surface area contributed by atoms with Crippen LogP contribution in [0.4, 0.5) is 0 Å². The number of hydrogen-bond donors (Lipinski definition) is 1. The van der Waals surface area contributed by atoms with E-state index in [1.54, 1.807) is 0 Å². The monoisotopic (exact) mass is 295 g/mol. The standard InChI is InChI=1S/C16H29N3O2/c1-16(15(20)21-2,17-13-6-7-13)12-18-8-4-10-19-9-3-5-14(19)11-18/h13-14,17H,3-12H2,1-2H3. The molecule has 1 N–H and O–H groups in total. The van der Waals surface area contributed by atoms with Crippen LogP contribution >= 0.6 is 0 Å². The zero-order chi connectivity index (χ0) is 14.9. The fourth-order valence-corrected chi connectivity index (χ4v) is 3.95. The second kappa shape index (κ2) is 6.23. The lowest BCUT2D eigenvalue weighted by Gasteiger charge is -2.35. The molecule has 0 radical (unpaired) electrons. The highest BCUT2D eigenvalue weighted by molar-refractivity contribution is 5.80. The second-order valence-electron chi connectivity index (χ2n) is 7.16. The Labute approximate surface area is 128 Å². The van der Waals surface area contributed by atoms with Crippen LogP contribution in [0.5, 0.6) is 0 Å². The number of carbonyl (C=O) groups is 1. The molecule has 3 fully saturated rings. The van der Waals surface area contributed by atoms with E-state index in [0.717, 1.165) is 19.6 Å². The number of ether oxygens (including phenoxy) is 1. The molecule has 5 nitrogen and oxygen atoms in total. The summed E-state index contributed by atoms with van der Waals surface area (Å²) < 4.78 is 5.06. The molecule has 1 saturated carbocycles. The summed E-state index contributed by atoms with van der Waals surface area (Å²) in [4.78, 5) is 17.4. The maximum Gasteiger partial charge on any atom is 0.327 e. The van der Waals surface area contributed by atoms with Crippen molar-refractivity contribution in [3.63, 3.8) is 0 Å². The normalized spacial score (nSPS) is 30.5. The van der Waals surface area contributed by atoms with Crippen LogP contribution in [0.1, 0.15) is 39.0 Å². The van der Waals surface area contributed by atoms with E-state index in [4.69, 9.17) is 4.74 Å². The van der Waals surface area contributed by atoms with Gasteiger partial charge >= 0.3 is 5.97 Å². The SMILES string of the molecule is COC(=O)C(C)(CN1CCCN2CCCC2C1)NC1CC1. The molecule has 21 heavy (non-hydrogen) atoms. The highest BCUT2D eigenvalue weighted by Gasteiger charge is 2.41. The lowest BCUT2D eigenvalue weighted by Crippen LogP contribution is -2.58. The molecule has 2 aliphatic heterocycles. The highest BCUT2D eigenvalue weighted by atomic mass is 16.5. The van der Waals surface area contributed by atoms with E-state index in [0.29, 0.717) is 12.1 Å². The molecule has 120 valence electrons. The Morgan fingerprint density at radius 3 is 2.71 bits per heavy atom. The number of carbonyl (C=O) groups excluding carboxylic acids is 1. The van der Waals surface area contributed by atoms with Crippen molar-refractivity contribution in [3.05, 3.63) is 0 Å². The summed E-state index contributed by atoms with van der Waals surface area (Å²) in [6, 6.07) is 1.19. The van der Waals surface area contributed by atoms with Crippen molar-refractivity contribution >= 4 is 5.97 Å². The van der Waals surface area contributed by atoms with Gasteiger partial charge in [0.05, 0.1) is 7.11 Å². The molecule has 0 aromatic rings. The fraction of sp³-hybridized carbons (Fsp3) is 0.938. The third kappa shape index (κ3) is 3.58. The average Bonchev–Trinajstić information content (AvgIpc) is 3.20. The Balaban J connectivity index is 1.64. The molecule has 3 rings (SSSR count).